The van der Waals surface area contributed by atoms with Gasteiger partial charge in [-0.1, -0.05) is 29.8 Å². The molecule has 130 valence electrons. The molecule has 0 spiro atoms. The van der Waals surface area contributed by atoms with Crippen LogP contribution in [-0.4, -0.2) is 18.7 Å². The Morgan fingerprint density at radius 2 is 1.84 bits per heavy atom. The van der Waals surface area contributed by atoms with Gasteiger partial charge in [0.25, 0.3) is 5.56 Å². The highest BCUT2D eigenvalue weighted by atomic mass is 35.5. The summed E-state index contributed by atoms with van der Waals surface area (Å²) in [6.45, 7) is 4.42. The van der Waals surface area contributed by atoms with E-state index in [4.69, 9.17) is 11.6 Å². The van der Waals surface area contributed by atoms with E-state index in [0.29, 0.717) is 35.1 Å². The lowest BCUT2D eigenvalue weighted by atomic mass is 10.2. The lowest BCUT2D eigenvalue weighted by Gasteiger charge is -2.08. The Morgan fingerprint density at radius 1 is 1.12 bits per heavy atom. The highest BCUT2D eigenvalue weighted by Gasteiger charge is 2.17. The Morgan fingerprint density at radius 3 is 2.48 bits per heavy atom. The van der Waals surface area contributed by atoms with Gasteiger partial charge in [0.2, 0.25) is 0 Å². The van der Waals surface area contributed by atoms with E-state index in [1.54, 1.807) is 24.6 Å². The second kappa shape index (κ2) is 6.72. The van der Waals surface area contributed by atoms with Crippen molar-refractivity contribution < 1.29 is 0 Å². The monoisotopic (exact) mass is 358 g/mol. The molecule has 6 nitrogen and oxygen atoms in total. The van der Waals surface area contributed by atoms with Crippen LogP contribution >= 0.6 is 11.6 Å². The van der Waals surface area contributed by atoms with Crippen LogP contribution < -0.4 is 11.2 Å². The van der Waals surface area contributed by atoms with Crippen LogP contribution in [0, 0.1) is 0 Å². The summed E-state index contributed by atoms with van der Waals surface area (Å²) in [4.78, 5) is 29.6. The number of aromatic nitrogens is 4. The molecule has 7 heteroatoms. The molecule has 0 bridgehead atoms. The molecule has 0 aliphatic heterocycles. The van der Waals surface area contributed by atoms with Gasteiger partial charge in [-0.2, -0.15) is 0 Å². The average molecular weight is 359 g/mol. The van der Waals surface area contributed by atoms with E-state index in [9.17, 15) is 9.59 Å². The molecular formula is C18H19ClN4O2. The summed E-state index contributed by atoms with van der Waals surface area (Å²) < 4.78 is 4.48. The molecule has 0 saturated carbocycles. The third kappa shape index (κ3) is 2.93. The molecule has 0 aliphatic rings. The summed E-state index contributed by atoms with van der Waals surface area (Å²) in [5.74, 6) is 0.600. The Labute approximate surface area is 149 Å². The van der Waals surface area contributed by atoms with Crippen molar-refractivity contribution in [1.29, 1.82) is 0 Å². The minimum Gasteiger partial charge on any atom is -0.322 e. The van der Waals surface area contributed by atoms with Gasteiger partial charge in [0.1, 0.15) is 5.82 Å². The first-order valence-corrected chi connectivity index (χ1v) is 8.49. The number of hydrogen-bond donors (Lipinski definition) is 0. The van der Waals surface area contributed by atoms with Crippen LogP contribution in [-0.2, 0) is 20.1 Å². The summed E-state index contributed by atoms with van der Waals surface area (Å²) >= 11 is 6.00. The van der Waals surface area contributed by atoms with Crippen molar-refractivity contribution in [2.45, 2.75) is 26.9 Å². The molecule has 2 heterocycles. The predicted octanol–water partition coefficient (Wildman–Crippen LogP) is 2.76. The third-order valence-corrected chi connectivity index (χ3v) is 4.42. The Bertz CT molecular complexity index is 1090. The first kappa shape index (κ1) is 17.2. The lowest BCUT2D eigenvalue weighted by Crippen LogP contribution is -2.39. The lowest BCUT2D eigenvalue weighted by molar-refractivity contribution is 0.604. The molecule has 0 N–H and O–H groups in total. The van der Waals surface area contributed by atoms with Crippen LogP contribution in [0.5, 0.6) is 0 Å². The molecule has 0 saturated heterocycles. The van der Waals surface area contributed by atoms with Crippen molar-refractivity contribution >= 4 is 34.9 Å². The molecule has 0 fully saturated rings. The van der Waals surface area contributed by atoms with Crippen LogP contribution in [0.25, 0.3) is 23.3 Å². The molecular weight excluding hydrogens is 340 g/mol. The number of aryl methyl sites for hydroxylation is 2. The Hall–Kier alpha value is -2.60. The van der Waals surface area contributed by atoms with E-state index < -0.39 is 0 Å². The molecule has 2 aromatic heterocycles. The first-order chi connectivity index (χ1) is 12.0. The van der Waals surface area contributed by atoms with Gasteiger partial charge in [-0.05, 0) is 37.6 Å². The van der Waals surface area contributed by atoms with E-state index >= 15 is 0 Å². The highest BCUT2D eigenvalue weighted by Crippen LogP contribution is 2.15. The number of rotatable bonds is 4. The van der Waals surface area contributed by atoms with Gasteiger partial charge in [-0.25, -0.2) is 9.78 Å². The molecule has 25 heavy (non-hydrogen) atoms. The van der Waals surface area contributed by atoms with Crippen LogP contribution in [0.4, 0.5) is 0 Å². The normalized spacial score (nSPS) is 11.7. The molecule has 0 amide bonds. The fourth-order valence-electron chi connectivity index (χ4n) is 2.87. The van der Waals surface area contributed by atoms with Gasteiger partial charge in [-0.15, -0.1) is 0 Å². The molecule has 1 aromatic carbocycles. The summed E-state index contributed by atoms with van der Waals surface area (Å²) in [5, 5.41) is 0.651. The number of nitrogens with zero attached hydrogens (tertiary/aromatic N) is 4. The van der Waals surface area contributed by atoms with E-state index in [1.165, 1.54) is 9.13 Å². The zero-order valence-corrected chi connectivity index (χ0v) is 15.1. The summed E-state index contributed by atoms with van der Waals surface area (Å²) in [5.41, 5.74) is 1.12. The second-order valence-corrected chi connectivity index (χ2v) is 6.10. The fourth-order valence-corrected chi connectivity index (χ4v) is 3.07. The standard InChI is InChI=1S/C18H19ClN4O2/c1-4-22-16-15(17(24)23(5-2)18(22)25)21(3)14(20-16)10-9-12-7-6-8-13(19)11-12/h6-11H,4-5H2,1-3H3/b10-9+. The number of hydrogen-bond acceptors (Lipinski definition) is 3. The number of imidazole rings is 1. The zero-order valence-electron chi connectivity index (χ0n) is 14.4. The minimum atomic E-state index is -0.328. The maximum absolute atomic E-state index is 12.6. The summed E-state index contributed by atoms with van der Waals surface area (Å²) in [6, 6.07) is 7.44. The summed E-state index contributed by atoms with van der Waals surface area (Å²) in [6.07, 6.45) is 3.69. The fraction of sp³-hybridized carbons (Fsp3) is 0.278. The molecule has 0 unspecified atom stereocenters. The number of halogens is 1. The minimum absolute atomic E-state index is 0.315. The van der Waals surface area contributed by atoms with E-state index in [2.05, 4.69) is 4.98 Å². The SMILES string of the molecule is CCn1c(=O)c2c(nc(/C=C/c3cccc(Cl)c3)n2C)n(CC)c1=O. The van der Waals surface area contributed by atoms with Gasteiger partial charge in [0.15, 0.2) is 11.2 Å². The van der Waals surface area contributed by atoms with Crippen molar-refractivity contribution in [2.24, 2.45) is 7.05 Å². The van der Waals surface area contributed by atoms with Crippen molar-refractivity contribution in [3.05, 3.63) is 61.5 Å². The zero-order chi connectivity index (χ0) is 18.1. The first-order valence-electron chi connectivity index (χ1n) is 8.11. The van der Waals surface area contributed by atoms with E-state index in [1.807, 2.05) is 37.3 Å². The van der Waals surface area contributed by atoms with Crippen molar-refractivity contribution in [3.63, 3.8) is 0 Å². The van der Waals surface area contributed by atoms with Crippen molar-refractivity contribution in [2.75, 3.05) is 0 Å². The molecule has 0 aliphatic carbocycles. The van der Waals surface area contributed by atoms with Gasteiger partial charge < -0.3 is 4.57 Å². The number of fused-ring (bicyclic) bond motifs is 1. The molecule has 3 aromatic rings. The highest BCUT2D eigenvalue weighted by molar-refractivity contribution is 6.30. The summed E-state index contributed by atoms with van der Waals surface area (Å²) in [7, 11) is 1.78. The van der Waals surface area contributed by atoms with E-state index in [-0.39, 0.29) is 11.2 Å². The van der Waals surface area contributed by atoms with Gasteiger partial charge >= 0.3 is 5.69 Å². The molecule has 0 radical (unpaired) electrons. The Kier molecular flexibility index (Phi) is 4.63. The molecule has 3 rings (SSSR count). The molecule has 0 atom stereocenters. The van der Waals surface area contributed by atoms with Crippen LogP contribution in [0.1, 0.15) is 25.2 Å². The van der Waals surface area contributed by atoms with Crippen LogP contribution in [0.3, 0.4) is 0 Å². The quantitative estimate of drug-likeness (QED) is 0.720. The van der Waals surface area contributed by atoms with E-state index in [0.717, 1.165) is 5.56 Å². The van der Waals surface area contributed by atoms with Gasteiger partial charge in [0, 0.05) is 25.2 Å². The number of benzene rings is 1. The topological polar surface area (TPSA) is 61.8 Å². The average Bonchev–Trinajstić information content (AvgIpc) is 2.91. The predicted molar refractivity (Wildman–Crippen MR) is 101 cm³/mol. The van der Waals surface area contributed by atoms with Crippen molar-refractivity contribution in [1.82, 2.24) is 18.7 Å². The maximum atomic E-state index is 12.6. The van der Waals surface area contributed by atoms with Gasteiger partial charge in [0.05, 0.1) is 0 Å². The Balaban J connectivity index is 2.22. The smallest absolute Gasteiger partial charge is 0.322 e. The maximum Gasteiger partial charge on any atom is 0.332 e. The second-order valence-electron chi connectivity index (χ2n) is 5.67. The third-order valence-electron chi connectivity index (χ3n) is 4.18. The van der Waals surface area contributed by atoms with Gasteiger partial charge in [-0.3, -0.25) is 13.9 Å². The van der Waals surface area contributed by atoms with Crippen LogP contribution in [0.15, 0.2) is 33.9 Å². The van der Waals surface area contributed by atoms with Crippen LogP contribution in [0.2, 0.25) is 5.02 Å². The largest absolute Gasteiger partial charge is 0.332 e. The van der Waals surface area contributed by atoms with Crippen molar-refractivity contribution in [3.8, 4) is 0 Å².